The van der Waals surface area contributed by atoms with Crippen molar-refractivity contribution in [1.82, 2.24) is 4.31 Å². The fourth-order valence-electron chi connectivity index (χ4n) is 1.57. The summed E-state index contributed by atoms with van der Waals surface area (Å²) in [4.78, 5) is 0. The topological polar surface area (TPSA) is 37.4 Å². The van der Waals surface area contributed by atoms with Gasteiger partial charge in [-0.1, -0.05) is 41.5 Å². The van der Waals surface area contributed by atoms with Gasteiger partial charge >= 0.3 is 0 Å². The van der Waals surface area contributed by atoms with Crippen molar-refractivity contribution in [2.45, 2.75) is 60.8 Å². The first kappa shape index (κ1) is 17.9. The maximum atomic E-state index is 12.1. The van der Waals surface area contributed by atoms with Crippen LogP contribution in [0.25, 0.3) is 0 Å². The van der Waals surface area contributed by atoms with Crippen LogP contribution in [0, 0.1) is 10.8 Å². The first-order valence-corrected chi connectivity index (χ1v) is 8.38. The molecule has 0 heterocycles. The molecule has 0 aromatic rings. The minimum atomic E-state index is -3.07. The van der Waals surface area contributed by atoms with Crippen molar-refractivity contribution in [2.24, 2.45) is 10.8 Å². The predicted octanol–water partition coefficient (Wildman–Crippen LogP) is 3.51. The van der Waals surface area contributed by atoms with E-state index in [4.69, 9.17) is 0 Å². The fraction of sp³-hybridized carbons (Fsp3) is 1.00. The maximum Gasteiger partial charge on any atom is 0.213 e. The van der Waals surface area contributed by atoms with Gasteiger partial charge < -0.3 is 0 Å². The zero-order valence-electron chi connectivity index (χ0n) is 13.2. The average molecular weight is 277 g/mol. The lowest BCUT2D eigenvalue weighted by Crippen LogP contribution is -2.32. The first-order chi connectivity index (χ1) is 7.83. The predicted molar refractivity (Wildman–Crippen MR) is 79.2 cm³/mol. The van der Waals surface area contributed by atoms with Crippen LogP contribution in [0.15, 0.2) is 0 Å². The fourth-order valence-corrected chi connectivity index (χ4v) is 2.76. The molecule has 0 unspecified atom stereocenters. The van der Waals surface area contributed by atoms with E-state index >= 15 is 0 Å². The Bertz CT molecular complexity index is 334. The van der Waals surface area contributed by atoms with Gasteiger partial charge in [-0.3, -0.25) is 0 Å². The van der Waals surface area contributed by atoms with E-state index in [-0.39, 0.29) is 16.6 Å². The van der Waals surface area contributed by atoms with E-state index in [1.54, 1.807) is 7.05 Å². The van der Waals surface area contributed by atoms with Gasteiger partial charge in [0.05, 0.1) is 5.75 Å². The maximum absolute atomic E-state index is 12.1. The molecule has 0 aromatic carbocycles. The van der Waals surface area contributed by atoms with Crippen molar-refractivity contribution in [3.63, 3.8) is 0 Å². The highest BCUT2D eigenvalue weighted by atomic mass is 32.2. The molecule has 0 radical (unpaired) electrons. The van der Waals surface area contributed by atoms with E-state index in [0.717, 1.165) is 19.3 Å². The largest absolute Gasteiger partial charge is 0.213 e. The van der Waals surface area contributed by atoms with Crippen molar-refractivity contribution in [2.75, 3.05) is 19.3 Å². The summed E-state index contributed by atoms with van der Waals surface area (Å²) in [6, 6.07) is 0. The molecule has 4 heteroatoms. The second-order valence-electron chi connectivity index (χ2n) is 7.61. The van der Waals surface area contributed by atoms with Gasteiger partial charge in [-0.25, -0.2) is 12.7 Å². The Labute approximate surface area is 114 Å². The highest BCUT2D eigenvalue weighted by Crippen LogP contribution is 2.22. The molecule has 0 rings (SSSR count). The van der Waals surface area contributed by atoms with Gasteiger partial charge in [-0.15, -0.1) is 0 Å². The molecule has 0 aliphatic heterocycles. The van der Waals surface area contributed by atoms with Crippen molar-refractivity contribution >= 4 is 10.0 Å². The second-order valence-corrected chi connectivity index (χ2v) is 9.81. The first-order valence-electron chi connectivity index (χ1n) is 6.78. The minimum Gasteiger partial charge on any atom is -0.212 e. The van der Waals surface area contributed by atoms with E-state index < -0.39 is 10.0 Å². The molecule has 0 fully saturated rings. The summed E-state index contributed by atoms with van der Waals surface area (Å²) in [6.07, 6.45) is 2.58. The van der Waals surface area contributed by atoms with Crippen LogP contribution in [0.4, 0.5) is 0 Å². The number of hydrogen-bond acceptors (Lipinski definition) is 2. The van der Waals surface area contributed by atoms with Gasteiger partial charge in [0.15, 0.2) is 0 Å². The van der Waals surface area contributed by atoms with E-state index in [1.165, 1.54) is 4.31 Å². The Balaban J connectivity index is 4.21. The minimum absolute atomic E-state index is 0.176. The van der Waals surface area contributed by atoms with Gasteiger partial charge in [0.25, 0.3) is 0 Å². The van der Waals surface area contributed by atoms with E-state index in [9.17, 15) is 8.42 Å². The molecule has 0 atom stereocenters. The summed E-state index contributed by atoms with van der Waals surface area (Å²) in [5, 5.41) is 0. The van der Waals surface area contributed by atoms with Gasteiger partial charge in [0.1, 0.15) is 0 Å². The molecule has 0 saturated carbocycles. The summed E-state index contributed by atoms with van der Waals surface area (Å²) >= 11 is 0. The molecule has 18 heavy (non-hydrogen) atoms. The van der Waals surface area contributed by atoms with Crippen LogP contribution in [-0.4, -0.2) is 32.1 Å². The van der Waals surface area contributed by atoms with Gasteiger partial charge in [0.2, 0.25) is 10.0 Å². The molecule has 0 spiro atoms. The smallest absolute Gasteiger partial charge is 0.212 e. The highest BCUT2D eigenvalue weighted by molar-refractivity contribution is 7.89. The summed E-state index contributed by atoms with van der Waals surface area (Å²) < 4.78 is 25.6. The van der Waals surface area contributed by atoms with Gasteiger partial charge in [-0.2, -0.15) is 0 Å². The Hall–Kier alpha value is -0.0900. The molecule has 0 amide bonds. The van der Waals surface area contributed by atoms with Crippen LogP contribution >= 0.6 is 0 Å². The number of rotatable bonds is 6. The Kier molecular flexibility index (Phi) is 6.34. The van der Waals surface area contributed by atoms with E-state index in [2.05, 4.69) is 41.5 Å². The zero-order valence-corrected chi connectivity index (χ0v) is 14.0. The molecule has 0 aromatic heterocycles. The lowest BCUT2D eigenvalue weighted by molar-refractivity contribution is 0.330. The highest BCUT2D eigenvalue weighted by Gasteiger charge is 2.21. The summed E-state index contributed by atoms with van der Waals surface area (Å²) in [6.45, 7) is 13.4. The third-order valence-corrected chi connectivity index (χ3v) is 4.92. The quantitative estimate of drug-likeness (QED) is 0.745. The Morgan fingerprint density at radius 1 is 0.889 bits per heavy atom. The van der Waals surface area contributed by atoms with Crippen molar-refractivity contribution < 1.29 is 8.42 Å². The summed E-state index contributed by atoms with van der Waals surface area (Å²) in [7, 11) is -1.38. The van der Waals surface area contributed by atoms with Crippen LogP contribution in [0.2, 0.25) is 0 Å². The molecular formula is C14H31NO2S. The molecule has 0 aliphatic rings. The third-order valence-electron chi connectivity index (χ3n) is 2.98. The molecule has 0 aliphatic carbocycles. The summed E-state index contributed by atoms with van der Waals surface area (Å²) in [5.41, 5.74) is 0.384. The van der Waals surface area contributed by atoms with Crippen LogP contribution in [0.5, 0.6) is 0 Å². The zero-order chi connectivity index (χ0) is 14.6. The van der Waals surface area contributed by atoms with Crippen molar-refractivity contribution in [1.29, 1.82) is 0 Å². The van der Waals surface area contributed by atoms with Crippen LogP contribution in [0.1, 0.15) is 60.8 Å². The molecule has 0 bridgehead atoms. The normalized spacial score (nSPS) is 14.2. The Morgan fingerprint density at radius 2 is 1.33 bits per heavy atom. The van der Waals surface area contributed by atoms with Crippen molar-refractivity contribution in [3.8, 4) is 0 Å². The number of sulfonamides is 1. The molecular weight excluding hydrogens is 246 g/mol. The van der Waals surface area contributed by atoms with Gasteiger partial charge in [0, 0.05) is 13.6 Å². The lowest BCUT2D eigenvalue weighted by atomic mass is 9.91. The van der Waals surface area contributed by atoms with E-state index in [0.29, 0.717) is 6.54 Å². The Morgan fingerprint density at radius 3 is 1.72 bits per heavy atom. The molecule has 0 N–H and O–H groups in total. The van der Waals surface area contributed by atoms with Gasteiger partial charge in [-0.05, 0) is 30.1 Å². The standard InChI is InChI=1S/C14H31NO2S/c1-13(2,3)9-8-12-18(16,17)15(7)11-10-14(4,5)6/h8-12H2,1-7H3. The lowest BCUT2D eigenvalue weighted by Gasteiger charge is -2.24. The molecule has 3 nitrogen and oxygen atoms in total. The van der Waals surface area contributed by atoms with Crippen LogP contribution in [0.3, 0.4) is 0 Å². The molecule has 0 saturated heterocycles. The third kappa shape index (κ3) is 8.92. The molecule has 110 valence electrons. The van der Waals surface area contributed by atoms with Crippen LogP contribution < -0.4 is 0 Å². The number of nitrogens with zero attached hydrogens (tertiary/aromatic N) is 1. The monoisotopic (exact) mass is 277 g/mol. The second kappa shape index (κ2) is 6.38. The van der Waals surface area contributed by atoms with Crippen molar-refractivity contribution in [3.05, 3.63) is 0 Å². The van der Waals surface area contributed by atoms with Crippen LogP contribution in [-0.2, 0) is 10.0 Å². The number of hydrogen-bond donors (Lipinski definition) is 0. The van der Waals surface area contributed by atoms with E-state index in [1.807, 2.05) is 0 Å². The SMILES string of the molecule is CN(CCC(C)(C)C)S(=O)(=O)CCCC(C)(C)C. The summed E-state index contributed by atoms with van der Waals surface area (Å²) in [5.74, 6) is 0.269. The average Bonchev–Trinajstić information content (AvgIpc) is 2.10.